The molecule has 0 radical (unpaired) electrons. The Hall–Kier alpha value is -1.64. The number of aliphatic hydroxyl groups is 1. The molecule has 0 saturated carbocycles. The van der Waals surface area contributed by atoms with Gasteiger partial charge in [-0.05, 0) is 62.6 Å². The summed E-state index contributed by atoms with van der Waals surface area (Å²) < 4.78 is 31.8. The highest BCUT2D eigenvalue weighted by Gasteiger charge is 2.47. The van der Waals surface area contributed by atoms with E-state index in [-0.39, 0.29) is 24.7 Å². The first kappa shape index (κ1) is 27.9. The van der Waals surface area contributed by atoms with Crippen LogP contribution in [0.5, 0.6) is 0 Å². The van der Waals surface area contributed by atoms with Gasteiger partial charge in [0.2, 0.25) is 0 Å². The molecule has 1 N–H and O–H groups in total. The molecule has 192 valence electrons. The molecule has 6 nitrogen and oxygen atoms in total. The lowest BCUT2D eigenvalue weighted by molar-refractivity contribution is -0.180. The van der Waals surface area contributed by atoms with Crippen LogP contribution in [0.25, 0.3) is 0 Å². The summed E-state index contributed by atoms with van der Waals surface area (Å²) in [6, 6.07) is 13.1. The molecule has 1 fully saturated rings. The van der Waals surface area contributed by atoms with Crippen LogP contribution in [0.2, 0.25) is 10.0 Å². The van der Waals surface area contributed by atoms with Crippen molar-refractivity contribution in [1.82, 2.24) is 4.90 Å². The molecule has 1 aliphatic heterocycles. The van der Waals surface area contributed by atoms with Gasteiger partial charge in [-0.3, -0.25) is 4.79 Å². The van der Waals surface area contributed by atoms with Crippen LogP contribution in [0, 0.1) is 0 Å². The number of benzene rings is 2. The SMILES string of the molecule is CCC(CS(=O)(=O)C(C)(C)C)N1C(=O)[C@@H](CCO)O[C@H](c2cccc(Cl)c2)[C@H]1c1ccc(Cl)cc1. The van der Waals surface area contributed by atoms with E-state index in [1.165, 1.54) is 0 Å². The molecular weight excluding hydrogens is 509 g/mol. The Morgan fingerprint density at radius 1 is 1.06 bits per heavy atom. The van der Waals surface area contributed by atoms with Crippen molar-refractivity contribution in [3.8, 4) is 0 Å². The molecule has 2 aromatic carbocycles. The number of amides is 1. The Labute approximate surface area is 218 Å². The van der Waals surface area contributed by atoms with Gasteiger partial charge < -0.3 is 14.7 Å². The van der Waals surface area contributed by atoms with Crippen LogP contribution in [0.1, 0.15) is 63.8 Å². The summed E-state index contributed by atoms with van der Waals surface area (Å²) in [5.41, 5.74) is 1.52. The molecule has 3 rings (SSSR count). The Morgan fingerprint density at radius 3 is 2.26 bits per heavy atom. The number of morpholine rings is 1. The molecule has 1 saturated heterocycles. The van der Waals surface area contributed by atoms with E-state index in [4.69, 9.17) is 27.9 Å². The highest BCUT2D eigenvalue weighted by atomic mass is 35.5. The maximum Gasteiger partial charge on any atom is 0.252 e. The second-order valence-electron chi connectivity index (χ2n) is 9.81. The van der Waals surface area contributed by atoms with E-state index in [1.807, 2.05) is 31.2 Å². The Bertz CT molecular complexity index is 1130. The predicted octanol–water partition coefficient (Wildman–Crippen LogP) is 5.38. The van der Waals surface area contributed by atoms with Gasteiger partial charge in [-0.25, -0.2) is 8.42 Å². The number of ether oxygens (including phenoxy) is 1. The van der Waals surface area contributed by atoms with Crippen molar-refractivity contribution in [3.05, 3.63) is 69.7 Å². The van der Waals surface area contributed by atoms with E-state index >= 15 is 0 Å². The first-order valence-electron chi connectivity index (χ1n) is 11.7. The van der Waals surface area contributed by atoms with Crippen LogP contribution >= 0.6 is 23.2 Å². The molecule has 9 heteroatoms. The molecule has 0 aliphatic carbocycles. The van der Waals surface area contributed by atoms with Crippen molar-refractivity contribution in [3.63, 3.8) is 0 Å². The van der Waals surface area contributed by atoms with E-state index in [1.54, 1.807) is 49.9 Å². The number of hydrogen-bond acceptors (Lipinski definition) is 5. The van der Waals surface area contributed by atoms with E-state index in [0.29, 0.717) is 16.5 Å². The summed E-state index contributed by atoms with van der Waals surface area (Å²) in [4.78, 5) is 15.4. The largest absolute Gasteiger partial charge is 0.396 e. The zero-order chi connectivity index (χ0) is 26.0. The fraction of sp³-hybridized carbons (Fsp3) is 0.500. The van der Waals surface area contributed by atoms with Crippen LogP contribution in [0.15, 0.2) is 48.5 Å². The third-order valence-electron chi connectivity index (χ3n) is 6.42. The molecule has 2 aromatic rings. The lowest BCUT2D eigenvalue weighted by Crippen LogP contribution is -2.57. The first-order chi connectivity index (χ1) is 16.4. The standard InChI is InChI=1S/C26H33Cl2NO5S/c1-5-21(16-35(32,33)26(2,3)4)29-23(17-9-11-19(27)12-10-17)24(18-7-6-8-20(28)15-18)34-22(13-14-30)25(29)31/h6-12,15,21-24,30H,5,13-14,16H2,1-4H3/t21?,22-,23-,24-/m1/s1. The summed E-state index contributed by atoms with van der Waals surface area (Å²) in [6.45, 7) is 6.62. The van der Waals surface area contributed by atoms with Gasteiger partial charge in [0.1, 0.15) is 12.2 Å². The Morgan fingerprint density at radius 2 is 1.71 bits per heavy atom. The van der Waals surface area contributed by atoms with Gasteiger partial charge in [0.05, 0.1) is 16.5 Å². The highest BCUT2D eigenvalue weighted by Crippen LogP contribution is 2.45. The average Bonchev–Trinajstić information content (AvgIpc) is 2.78. The molecule has 35 heavy (non-hydrogen) atoms. The smallest absolute Gasteiger partial charge is 0.252 e. The number of nitrogens with zero attached hydrogens (tertiary/aromatic N) is 1. The molecule has 1 heterocycles. The maximum absolute atomic E-state index is 13.8. The summed E-state index contributed by atoms with van der Waals surface area (Å²) in [5, 5.41) is 10.7. The monoisotopic (exact) mass is 541 g/mol. The molecule has 4 atom stereocenters. The first-order valence-corrected chi connectivity index (χ1v) is 14.1. The Kier molecular flexibility index (Phi) is 8.92. The van der Waals surface area contributed by atoms with Crippen LogP contribution < -0.4 is 0 Å². The maximum atomic E-state index is 13.8. The fourth-order valence-corrected chi connectivity index (χ4v) is 6.04. The third kappa shape index (κ3) is 6.20. The minimum atomic E-state index is -3.54. The van der Waals surface area contributed by atoms with Gasteiger partial charge in [-0.15, -0.1) is 0 Å². The van der Waals surface area contributed by atoms with E-state index < -0.39 is 38.9 Å². The molecular formula is C26H33Cl2NO5S. The second kappa shape index (κ2) is 11.2. The number of carbonyl (C=O) groups excluding carboxylic acids is 1. The summed E-state index contributed by atoms with van der Waals surface area (Å²) >= 11 is 12.4. The Balaban J connectivity index is 2.19. The zero-order valence-electron chi connectivity index (χ0n) is 20.4. The van der Waals surface area contributed by atoms with Crippen LogP contribution in [0.4, 0.5) is 0 Å². The third-order valence-corrected chi connectivity index (χ3v) is 9.59. The molecule has 0 aromatic heterocycles. The van der Waals surface area contributed by atoms with Crippen molar-refractivity contribution in [2.24, 2.45) is 0 Å². The molecule has 1 amide bonds. The lowest BCUT2D eigenvalue weighted by Gasteiger charge is -2.48. The van der Waals surface area contributed by atoms with Crippen LogP contribution in [-0.2, 0) is 19.4 Å². The normalized spacial score (nSPS) is 22.3. The van der Waals surface area contributed by atoms with Crippen molar-refractivity contribution >= 4 is 38.9 Å². The molecule has 0 spiro atoms. The van der Waals surface area contributed by atoms with Gasteiger partial charge in [0.15, 0.2) is 9.84 Å². The van der Waals surface area contributed by atoms with E-state index in [9.17, 15) is 18.3 Å². The minimum absolute atomic E-state index is 0.0994. The number of carbonyl (C=O) groups is 1. The van der Waals surface area contributed by atoms with Crippen molar-refractivity contribution in [1.29, 1.82) is 0 Å². The van der Waals surface area contributed by atoms with Crippen molar-refractivity contribution in [2.75, 3.05) is 12.4 Å². The minimum Gasteiger partial charge on any atom is -0.396 e. The molecule has 1 aliphatic rings. The number of sulfone groups is 1. The number of aliphatic hydroxyl groups excluding tert-OH is 1. The van der Waals surface area contributed by atoms with E-state index in [2.05, 4.69) is 0 Å². The summed E-state index contributed by atoms with van der Waals surface area (Å²) in [5.74, 6) is -0.523. The van der Waals surface area contributed by atoms with Gasteiger partial charge >= 0.3 is 0 Å². The summed E-state index contributed by atoms with van der Waals surface area (Å²) in [6.07, 6.45) is -1.02. The second-order valence-corrected chi connectivity index (χ2v) is 13.5. The number of halogens is 2. The fourth-order valence-electron chi connectivity index (χ4n) is 4.31. The van der Waals surface area contributed by atoms with Crippen molar-refractivity contribution < 1.29 is 23.1 Å². The predicted molar refractivity (Wildman–Crippen MR) is 139 cm³/mol. The van der Waals surface area contributed by atoms with Gasteiger partial charge in [-0.2, -0.15) is 0 Å². The highest BCUT2D eigenvalue weighted by molar-refractivity contribution is 7.92. The zero-order valence-corrected chi connectivity index (χ0v) is 22.8. The number of hydrogen-bond donors (Lipinski definition) is 1. The molecule has 1 unspecified atom stereocenters. The van der Waals surface area contributed by atoms with Crippen molar-refractivity contribution in [2.45, 2.75) is 69.6 Å². The van der Waals surface area contributed by atoms with Gasteiger partial charge in [0.25, 0.3) is 5.91 Å². The van der Waals surface area contributed by atoms with Gasteiger partial charge in [0, 0.05) is 29.1 Å². The topological polar surface area (TPSA) is 83.9 Å². The van der Waals surface area contributed by atoms with Crippen LogP contribution in [-0.4, -0.2) is 53.6 Å². The van der Waals surface area contributed by atoms with E-state index in [0.717, 1.165) is 11.1 Å². The number of rotatable bonds is 8. The quantitative estimate of drug-likeness (QED) is 0.485. The van der Waals surface area contributed by atoms with Gasteiger partial charge in [-0.1, -0.05) is 54.4 Å². The van der Waals surface area contributed by atoms with Crippen LogP contribution in [0.3, 0.4) is 0 Å². The lowest BCUT2D eigenvalue weighted by atomic mass is 9.89. The average molecular weight is 543 g/mol. The molecule has 0 bridgehead atoms. The summed E-state index contributed by atoms with van der Waals surface area (Å²) in [7, 11) is -3.54.